The molecule has 6 heteroatoms. The molecule has 0 fully saturated rings. The molecule has 20 heavy (non-hydrogen) atoms. The molecular formula is C14H13NO3S2. The zero-order valence-corrected chi connectivity index (χ0v) is 12.4. The largest absolute Gasteiger partial charge is 0.478 e. The number of carboxylic acid groups (broad SMARTS) is 1. The van der Waals surface area contributed by atoms with Gasteiger partial charge in [0.05, 0.1) is 11.4 Å². The molecule has 2 aromatic heterocycles. The van der Waals surface area contributed by atoms with Crippen LogP contribution in [0.2, 0.25) is 0 Å². The molecule has 0 radical (unpaired) electrons. The van der Waals surface area contributed by atoms with Gasteiger partial charge in [0.2, 0.25) is 0 Å². The van der Waals surface area contributed by atoms with Crippen LogP contribution in [-0.4, -0.2) is 17.0 Å². The van der Waals surface area contributed by atoms with E-state index in [1.54, 1.807) is 22.8 Å². The minimum atomic E-state index is -1.03. The summed E-state index contributed by atoms with van der Waals surface area (Å²) in [6.07, 6.45) is 2.46. The van der Waals surface area contributed by atoms with Crippen LogP contribution in [0.1, 0.15) is 25.0 Å². The lowest BCUT2D eigenvalue weighted by atomic mass is 10.2. The van der Waals surface area contributed by atoms with E-state index in [-0.39, 0.29) is 5.91 Å². The lowest BCUT2D eigenvalue weighted by molar-refractivity contribution is -0.131. The number of nitrogens with one attached hydrogen (secondary N) is 1. The number of aryl methyl sites for hydroxylation is 1. The van der Waals surface area contributed by atoms with Gasteiger partial charge in [-0.2, -0.15) is 0 Å². The fourth-order valence-corrected chi connectivity index (χ4v) is 3.26. The smallest absolute Gasteiger partial charge is 0.328 e. The average molecular weight is 307 g/mol. The van der Waals surface area contributed by atoms with Crippen molar-refractivity contribution in [3.05, 3.63) is 49.9 Å². The molecule has 0 aliphatic heterocycles. The van der Waals surface area contributed by atoms with Crippen molar-refractivity contribution in [2.45, 2.75) is 13.5 Å². The highest BCUT2D eigenvalue weighted by Gasteiger charge is 2.11. The van der Waals surface area contributed by atoms with Crippen molar-refractivity contribution in [1.82, 2.24) is 5.32 Å². The molecule has 0 saturated heterocycles. The predicted octanol–water partition coefficient (Wildman–Crippen LogP) is 3.15. The van der Waals surface area contributed by atoms with Crippen LogP contribution < -0.4 is 5.32 Å². The van der Waals surface area contributed by atoms with Crippen LogP contribution in [0.4, 0.5) is 0 Å². The SMILES string of the molecule is Cc1ccc(CNC(=O)c2sccc2C=CC(=O)O)s1. The van der Waals surface area contributed by atoms with Crippen molar-refractivity contribution in [1.29, 1.82) is 0 Å². The Morgan fingerprint density at radius 3 is 2.80 bits per heavy atom. The Labute approximate surface area is 124 Å². The molecule has 1 amide bonds. The van der Waals surface area contributed by atoms with E-state index in [0.717, 1.165) is 11.0 Å². The molecule has 0 bridgehead atoms. The lowest BCUT2D eigenvalue weighted by Gasteiger charge is -2.02. The molecule has 2 N–H and O–H groups in total. The molecule has 2 heterocycles. The minimum absolute atomic E-state index is 0.184. The molecular weight excluding hydrogens is 294 g/mol. The predicted molar refractivity (Wildman–Crippen MR) is 81.2 cm³/mol. The van der Waals surface area contributed by atoms with Gasteiger partial charge >= 0.3 is 5.97 Å². The molecule has 0 aliphatic rings. The van der Waals surface area contributed by atoms with Gasteiger partial charge in [-0.1, -0.05) is 0 Å². The van der Waals surface area contributed by atoms with E-state index in [1.807, 2.05) is 19.1 Å². The van der Waals surface area contributed by atoms with E-state index in [4.69, 9.17) is 5.11 Å². The van der Waals surface area contributed by atoms with E-state index in [1.165, 1.54) is 22.3 Å². The summed E-state index contributed by atoms with van der Waals surface area (Å²) in [5.74, 6) is -1.22. The third-order valence-electron chi connectivity index (χ3n) is 2.53. The Bertz CT molecular complexity index is 655. The first-order valence-electron chi connectivity index (χ1n) is 5.88. The number of amides is 1. The molecule has 0 spiro atoms. The Morgan fingerprint density at radius 1 is 1.35 bits per heavy atom. The fourth-order valence-electron chi connectivity index (χ4n) is 1.62. The van der Waals surface area contributed by atoms with E-state index in [9.17, 15) is 9.59 Å². The van der Waals surface area contributed by atoms with Crippen LogP contribution >= 0.6 is 22.7 Å². The Hall–Kier alpha value is -1.92. The molecule has 2 aromatic rings. The van der Waals surface area contributed by atoms with Gasteiger partial charge in [-0.25, -0.2) is 4.79 Å². The second-order valence-corrected chi connectivity index (χ2v) is 6.36. The summed E-state index contributed by atoms with van der Waals surface area (Å²) in [4.78, 5) is 25.4. The monoisotopic (exact) mass is 307 g/mol. The molecule has 0 atom stereocenters. The van der Waals surface area contributed by atoms with Gasteiger partial charge in [0.1, 0.15) is 0 Å². The van der Waals surface area contributed by atoms with Crippen molar-refractivity contribution in [3.63, 3.8) is 0 Å². The van der Waals surface area contributed by atoms with Crippen molar-refractivity contribution in [2.24, 2.45) is 0 Å². The van der Waals surface area contributed by atoms with Crippen LogP contribution in [0.5, 0.6) is 0 Å². The highest BCUT2D eigenvalue weighted by molar-refractivity contribution is 7.12. The molecule has 104 valence electrons. The number of aliphatic carboxylic acids is 1. The molecule has 2 rings (SSSR count). The summed E-state index contributed by atoms with van der Waals surface area (Å²) in [7, 11) is 0. The summed E-state index contributed by atoms with van der Waals surface area (Å²) in [6.45, 7) is 2.50. The van der Waals surface area contributed by atoms with Crippen LogP contribution in [0.15, 0.2) is 29.7 Å². The van der Waals surface area contributed by atoms with Gasteiger partial charge < -0.3 is 10.4 Å². The van der Waals surface area contributed by atoms with Crippen LogP contribution in [0, 0.1) is 6.92 Å². The maximum Gasteiger partial charge on any atom is 0.328 e. The summed E-state index contributed by atoms with van der Waals surface area (Å²) in [5, 5.41) is 13.2. The van der Waals surface area contributed by atoms with Gasteiger partial charge in [0.25, 0.3) is 5.91 Å². The number of rotatable bonds is 5. The Morgan fingerprint density at radius 2 is 2.15 bits per heavy atom. The van der Waals surface area contributed by atoms with Crippen molar-refractivity contribution < 1.29 is 14.7 Å². The fraction of sp³-hybridized carbons (Fsp3) is 0.143. The summed E-state index contributed by atoms with van der Waals surface area (Å²) >= 11 is 2.94. The van der Waals surface area contributed by atoms with Gasteiger partial charge in [0, 0.05) is 15.8 Å². The molecule has 0 unspecified atom stereocenters. The molecule has 0 aliphatic carbocycles. The summed E-state index contributed by atoms with van der Waals surface area (Å²) in [5.41, 5.74) is 0.622. The number of thiophene rings is 2. The van der Waals surface area contributed by atoms with E-state index in [2.05, 4.69) is 5.32 Å². The minimum Gasteiger partial charge on any atom is -0.478 e. The van der Waals surface area contributed by atoms with Crippen LogP contribution in [0.25, 0.3) is 6.08 Å². The maximum atomic E-state index is 12.1. The summed E-state index contributed by atoms with van der Waals surface area (Å²) in [6, 6.07) is 5.73. The van der Waals surface area contributed by atoms with Crippen molar-refractivity contribution in [2.75, 3.05) is 0 Å². The third-order valence-corrected chi connectivity index (χ3v) is 4.46. The van der Waals surface area contributed by atoms with Crippen molar-refractivity contribution >= 4 is 40.6 Å². The molecule has 0 saturated carbocycles. The normalized spacial score (nSPS) is 10.8. The van der Waals surface area contributed by atoms with E-state index in [0.29, 0.717) is 17.0 Å². The zero-order valence-electron chi connectivity index (χ0n) is 10.8. The number of hydrogen-bond donors (Lipinski definition) is 2. The maximum absolute atomic E-state index is 12.1. The van der Waals surface area contributed by atoms with Gasteiger partial charge in [-0.05, 0) is 42.1 Å². The topological polar surface area (TPSA) is 66.4 Å². The van der Waals surface area contributed by atoms with Crippen LogP contribution in [0.3, 0.4) is 0 Å². The van der Waals surface area contributed by atoms with Crippen LogP contribution in [-0.2, 0) is 11.3 Å². The number of hydrogen-bond acceptors (Lipinski definition) is 4. The summed E-state index contributed by atoms with van der Waals surface area (Å²) < 4.78 is 0. The second kappa shape index (κ2) is 6.49. The van der Waals surface area contributed by atoms with E-state index >= 15 is 0 Å². The van der Waals surface area contributed by atoms with Gasteiger partial charge in [-0.3, -0.25) is 4.79 Å². The first-order chi connectivity index (χ1) is 9.56. The molecule has 0 aromatic carbocycles. The first-order valence-corrected chi connectivity index (χ1v) is 7.58. The first kappa shape index (κ1) is 14.5. The second-order valence-electron chi connectivity index (χ2n) is 4.07. The van der Waals surface area contributed by atoms with Gasteiger partial charge in [-0.15, -0.1) is 22.7 Å². The molecule has 4 nitrogen and oxygen atoms in total. The lowest BCUT2D eigenvalue weighted by Crippen LogP contribution is -2.21. The Balaban J connectivity index is 2.02. The number of carbonyl (C=O) groups is 2. The van der Waals surface area contributed by atoms with Crippen molar-refractivity contribution in [3.8, 4) is 0 Å². The third kappa shape index (κ3) is 3.79. The van der Waals surface area contributed by atoms with Gasteiger partial charge in [0.15, 0.2) is 0 Å². The Kier molecular flexibility index (Phi) is 4.70. The standard InChI is InChI=1S/C14H13NO3S2/c1-9-2-4-11(20-9)8-15-14(18)13-10(6-7-19-13)3-5-12(16)17/h2-7H,8H2,1H3,(H,15,18)(H,16,17). The average Bonchev–Trinajstić information content (AvgIpc) is 3.02. The van der Waals surface area contributed by atoms with E-state index < -0.39 is 5.97 Å². The number of carbonyl (C=O) groups excluding carboxylic acids is 1. The quantitative estimate of drug-likeness (QED) is 0.834. The zero-order chi connectivity index (χ0) is 14.5. The highest BCUT2D eigenvalue weighted by atomic mass is 32.1. The highest BCUT2D eigenvalue weighted by Crippen LogP contribution is 2.19. The number of carboxylic acids is 1.